The van der Waals surface area contributed by atoms with Crippen LogP contribution in [0.1, 0.15) is 18.4 Å². The van der Waals surface area contributed by atoms with Gasteiger partial charge in [-0.25, -0.2) is 4.79 Å². The van der Waals surface area contributed by atoms with E-state index in [1.54, 1.807) is 0 Å². The summed E-state index contributed by atoms with van der Waals surface area (Å²) >= 11 is 0. The number of carbonyl (C=O) groups is 2. The molecule has 2 aliphatic rings. The van der Waals surface area contributed by atoms with E-state index in [0.717, 1.165) is 37.2 Å². The molecule has 0 atom stereocenters. The summed E-state index contributed by atoms with van der Waals surface area (Å²) in [6.45, 7) is 4.30. The van der Waals surface area contributed by atoms with Gasteiger partial charge in [-0.15, -0.1) is 0 Å². The number of nitrogens with zero attached hydrogens (tertiary/aromatic N) is 3. The normalized spacial score (nSPS) is 19.0. The molecule has 0 spiro atoms. The van der Waals surface area contributed by atoms with Crippen LogP contribution in [0, 0.1) is 6.92 Å². The molecule has 3 rings (SSSR count). The van der Waals surface area contributed by atoms with E-state index in [4.69, 9.17) is 4.74 Å². The molecule has 1 fully saturated rings. The smallest absolute Gasteiger partial charge is 0.331 e. The minimum Gasteiger partial charge on any atom is -0.423 e. The Hall–Kier alpha value is -2.08. The summed E-state index contributed by atoms with van der Waals surface area (Å²) in [6, 6.07) is 6.00. The first-order valence-electron chi connectivity index (χ1n) is 8.44. The molecule has 0 radical (unpaired) electrons. The minimum atomic E-state index is -0.317. The van der Waals surface area contributed by atoms with E-state index < -0.39 is 0 Å². The maximum absolute atomic E-state index is 12.7. The molecule has 6 heteroatoms. The van der Waals surface area contributed by atoms with Gasteiger partial charge in [-0.2, -0.15) is 0 Å². The summed E-state index contributed by atoms with van der Waals surface area (Å²) < 4.78 is 5.30. The van der Waals surface area contributed by atoms with E-state index in [-0.39, 0.29) is 31.0 Å². The second-order valence-electron chi connectivity index (χ2n) is 6.84. The molecule has 6 nitrogen and oxygen atoms in total. The van der Waals surface area contributed by atoms with Crippen molar-refractivity contribution >= 4 is 17.6 Å². The van der Waals surface area contributed by atoms with Gasteiger partial charge in [0.2, 0.25) is 5.91 Å². The zero-order valence-corrected chi connectivity index (χ0v) is 14.6. The minimum absolute atomic E-state index is 0.0470. The van der Waals surface area contributed by atoms with Crippen molar-refractivity contribution in [3.63, 3.8) is 0 Å². The van der Waals surface area contributed by atoms with Gasteiger partial charge in [-0.3, -0.25) is 4.79 Å². The van der Waals surface area contributed by atoms with Crippen molar-refractivity contribution in [2.24, 2.45) is 0 Å². The van der Waals surface area contributed by atoms with Crippen LogP contribution in [0.3, 0.4) is 0 Å². The topological polar surface area (TPSA) is 53.1 Å². The Bertz CT molecular complexity index is 638. The first-order chi connectivity index (χ1) is 11.4. The molecule has 0 bridgehead atoms. The standard InChI is InChI=1S/C18H25N3O3/c1-13-4-5-15-16(10-13)24-18(23)12-21(15)11-17(22)20(3)14-6-8-19(2)9-7-14/h4-5,10,14H,6-9,11-12H2,1-3H3. The van der Waals surface area contributed by atoms with E-state index in [0.29, 0.717) is 5.75 Å². The zero-order valence-electron chi connectivity index (χ0n) is 14.6. The summed E-state index contributed by atoms with van der Waals surface area (Å²) in [6.07, 6.45) is 1.99. The molecule has 1 amide bonds. The van der Waals surface area contributed by atoms with E-state index >= 15 is 0 Å². The molecule has 1 saturated heterocycles. The Morgan fingerprint density at radius 3 is 2.75 bits per heavy atom. The number of hydrogen-bond donors (Lipinski definition) is 0. The number of piperidine rings is 1. The highest BCUT2D eigenvalue weighted by Gasteiger charge is 2.29. The quantitative estimate of drug-likeness (QED) is 0.617. The van der Waals surface area contributed by atoms with Crippen LogP contribution in [0.15, 0.2) is 18.2 Å². The molecule has 24 heavy (non-hydrogen) atoms. The average Bonchev–Trinajstić information content (AvgIpc) is 2.54. The number of aryl methyl sites for hydroxylation is 1. The summed E-state index contributed by atoms with van der Waals surface area (Å²) in [5.41, 5.74) is 1.84. The fourth-order valence-corrected chi connectivity index (χ4v) is 3.36. The summed E-state index contributed by atoms with van der Waals surface area (Å²) in [5.74, 6) is 0.273. The van der Waals surface area contributed by atoms with Gasteiger partial charge in [-0.1, -0.05) is 6.07 Å². The first-order valence-corrected chi connectivity index (χ1v) is 8.44. The maximum Gasteiger partial charge on any atom is 0.331 e. The van der Waals surface area contributed by atoms with Crippen LogP contribution in [-0.2, 0) is 9.59 Å². The van der Waals surface area contributed by atoms with Crippen LogP contribution in [0.25, 0.3) is 0 Å². The summed E-state index contributed by atoms with van der Waals surface area (Å²) in [7, 11) is 3.98. The lowest BCUT2D eigenvalue weighted by molar-refractivity contribution is -0.134. The van der Waals surface area contributed by atoms with Crippen molar-refractivity contribution < 1.29 is 14.3 Å². The Morgan fingerprint density at radius 2 is 2.04 bits per heavy atom. The van der Waals surface area contributed by atoms with Gasteiger partial charge in [0.25, 0.3) is 0 Å². The molecule has 130 valence electrons. The Morgan fingerprint density at radius 1 is 1.33 bits per heavy atom. The van der Waals surface area contributed by atoms with Gasteiger partial charge in [0, 0.05) is 13.1 Å². The number of fused-ring (bicyclic) bond motifs is 1. The molecule has 2 heterocycles. The highest BCUT2D eigenvalue weighted by Crippen LogP contribution is 2.32. The third kappa shape index (κ3) is 3.53. The number of hydrogen-bond acceptors (Lipinski definition) is 5. The maximum atomic E-state index is 12.7. The number of likely N-dealkylation sites (N-methyl/N-ethyl adjacent to an activating group) is 1. The van der Waals surface area contributed by atoms with Crippen molar-refractivity contribution in [1.29, 1.82) is 0 Å². The second kappa shape index (κ2) is 6.81. The average molecular weight is 331 g/mol. The lowest BCUT2D eigenvalue weighted by atomic mass is 10.0. The molecule has 0 saturated carbocycles. The van der Waals surface area contributed by atoms with Gasteiger partial charge in [-0.05, 0) is 57.6 Å². The van der Waals surface area contributed by atoms with Crippen LogP contribution in [0.4, 0.5) is 5.69 Å². The fraction of sp³-hybridized carbons (Fsp3) is 0.556. The van der Waals surface area contributed by atoms with E-state index in [9.17, 15) is 9.59 Å². The molecule has 0 aliphatic carbocycles. The molecule has 2 aliphatic heterocycles. The Balaban J connectivity index is 1.69. The molecule has 0 unspecified atom stereocenters. The van der Waals surface area contributed by atoms with Crippen molar-refractivity contribution in [2.75, 3.05) is 45.2 Å². The number of rotatable bonds is 3. The third-order valence-corrected chi connectivity index (χ3v) is 4.96. The van der Waals surface area contributed by atoms with Crippen LogP contribution in [0.5, 0.6) is 5.75 Å². The van der Waals surface area contributed by atoms with Crippen LogP contribution < -0.4 is 9.64 Å². The van der Waals surface area contributed by atoms with Gasteiger partial charge >= 0.3 is 5.97 Å². The van der Waals surface area contributed by atoms with Gasteiger partial charge in [0.05, 0.1) is 12.2 Å². The molecular weight excluding hydrogens is 306 g/mol. The number of likely N-dealkylation sites (tertiary alicyclic amines) is 1. The van der Waals surface area contributed by atoms with Crippen molar-refractivity contribution in [2.45, 2.75) is 25.8 Å². The molecular formula is C18H25N3O3. The van der Waals surface area contributed by atoms with E-state index in [2.05, 4.69) is 11.9 Å². The first kappa shape index (κ1) is 16.8. The summed E-state index contributed by atoms with van der Waals surface area (Å²) in [5, 5.41) is 0. The van der Waals surface area contributed by atoms with E-state index in [1.165, 1.54) is 0 Å². The lowest BCUT2D eigenvalue weighted by Crippen LogP contribution is -2.49. The van der Waals surface area contributed by atoms with Crippen molar-refractivity contribution in [3.05, 3.63) is 23.8 Å². The zero-order chi connectivity index (χ0) is 17.3. The van der Waals surface area contributed by atoms with Crippen LogP contribution in [-0.4, -0.2) is 68.0 Å². The van der Waals surface area contributed by atoms with Gasteiger partial charge < -0.3 is 19.4 Å². The number of esters is 1. The Kier molecular flexibility index (Phi) is 4.76. The highest BCUT2D eigenvalue weighted by molar-refractivity contribution is 5.89. The predicted octanol–water partition coefficient (Wildman–Crippen LogP) is 1.27. The van der Waals surface area contributed by atoms with Crippen molar-refractivity contribution in [3.8, 4) is 5.75 Å². The SMILES string of the molecule is Cc1ccc2c(c1)OC(=O)CN2CC(=O)N(C)C1CCN(C)CC1. The number of amides is 1. The van der Waals surface area contributed by atoms with E-state index in [1.807, 2.05) is 42.0 Å². The molecule has 0 N–H and O–H groups in total. The second-order valence-corrected chi connectivity index (χ2v) is 6.84. The molecule has 1 aromatic rings. The number of ether oxygens (including phenoxy) is 1. The van der Waals surface area contributed by atoms with Crippen molar-refractivity contribution in [1.82, 2.24) is 9.80 Å². The Labute approximate surface area is 143 Å². The third-order valence-electron chi connectivity index (χ3n) is 4.96. The van der Waals surface area contributed by atoms with Crippen LogP contribution in [0.2, 0.25) is 0 Å². The lowest BCUT2D eigenvalue weighted by Gasteiger charge is -2.37. The predicted molar refractivity (Wildman–Crippen MR) is 92.3 cm³/mol. The van der Waals surface area contributed by atoms with Crippen LogP contribution >= 0.6 is 0 Å². The monoisotopic (exact) mass is 331 g/mol. The van der Waals surface area contributed by atoms with Gasteiger partial charge in [0.1, 0.15) is 6.54 Å². The molecule has 0 aromatic heterocycles. The number of anilines is 1. The largest absolute Gasteiger partial charge is 0.423 e. The number of benzene rings is 1. The van der Waals surface area contributed by atoms with Gasteiger partial charge in [0.15, 0.2) is 5.75 Å². The fourth-order valence-electron chi connectivity index (χ4n) is 3.36. The summed E-state index contributed by atoms with van der Waals surface area (Å²) in [4.78, 5) is 30.5. The molecule has 1 aromatic carbocycles. The highest BCUT2D eigenvalue weighted by atomic mass is 16.5. The number of carbonyl (C=O) groups excluding carboxylic acids is 2.